The molecule has 0 saturated carbocycles. The van der Waals surface area contributed by atoms with Gasteiger partial charge in [-0.05, 0) is 12.1 Å². The van der Waals surface area contributed by atoms with Crippen LogP contribution in [0.4, 0.5) is 0 Å². The monoisotopic (exact) mass is 221 g/mol. The van der Waals surface area contributed by atoms with E-state index in [0.29, 0.717) is 6.54 Å². The predicted molar refractivity (Wildman–Crippen MR) is 55.9 cm³/mol. The number of rotatable bonds is 2. The van der Waals surface area contributed by atoms with Crippen LogP contribution >= 0.6 is 0 Å². The molecular weight excluding hydrogens is 210 g/mol. The Hall–Kier alpha value is -2.11. The number of pyridine rings is 1. The first-order valence-electron chi connectivity index (χ1n) is 4.92. The summed E-state index contributed by atoms with van der Waals surface area (Å²) >= 11 is 0. The van der Waals surface area contributed by atoms with E-state index in [1.165, 1.54) is 12.3 Å². The zero-order valence-electron chi connectivity index (χ0n) is 8.45. The normalized spacial score (nSPS) is 19.2. The molecule has 1 aromatic heterocycles. The van der Waals surface area contributed by atoms with Crippen LogP contribution in [0.2, 0.25) is 0 Å². The van der Waals surface area contributed by atoms with Crippen LogP contribution in [0.1, 0.15) is 16.8 Å². The second-order valence-electron chi connectivity index (χ2n) is 3.59. The fourth-order valence-corrected chi connectivity index (χ4v) is 1.57. The fourth-order valence-electron chi connectivity index (χ4n) is 1.57. The Labute approximate surface area is 91.1 Å². The molecule has 6 nitrogen and oxygen atoms in total. The van der Waals surface area contributed by atoms with Gasteiger partial charge in [-0.1, -0.05) is 0 Å². The summed E-state index contributed by atoms with van der Waals surface area (Å²) in [4.78, 5) is 36.3. The van der Waals surface area contributed by atoms with Crippen LogP contribution in [0, 0.1) is 0 Å². The molecule has 1 saturated heterocycles. The third kappa shape index (κ3) is 2.10. The third-order valence-corrected chi connectivity index (χ3v) is 2.38. The lowest BCUT2D eigenvalue weighted by Gasteiger charge is -2.09. The van der Waals surface area contributed by atoms with E-state index in [-0.39, 0.29) is 23.9 Å². The first-order chi connectivity index (χ1) is 7.66. The highest BCUT2D eigenvalue weighted by Gasteiger charge is 2.23. The van der Waals surface area contributed by atoms with Gasteiger partial charge in [0.25, 0.3) is 11.5 Å². The van der Waals surface area contributed by atoms with Crippen LogP contribution < -0.4 is 16.2 Å². The van der Waals surface area contributed by atoms with Crippen molar-refractivity contribution in [1.29, 1.82) is 0 Å². The second-order valence-corrected chi connectivity index (χ2v) is 3.59. The van der Waals surface area contributed by atoms with E-state index >= 15 is 0 Å². The minimum atomic E-state index is -0.455. The number of carbonyl (C=O) groups is 2. The summed E-state index contributed by atoms with van der Waals surface area (Å²) in [6.45, 7) is 0.412. The summed E-state index contributed by atoms with van der Waals surface area (Å²) in [6.07, 6.45) is 1.72. The van der Waals surface area contributed by atoms with Crippen LogP contribution in [-0.2, 0) is 4.79 Å². The number of aromatic amines is 1. The highest BCUT2D eigenvalue weighted by atomic mass is 16.2. The van der Waals surface area contributed by atoms with Gasteiger partial charge in [-0.15, -0.1) is 0 Å². The van der Waals surface area contributed by atoms with Crippen LogP contribution in [0.15, 0.2) is 23.1 Å². The molecule has 1 aromatic rings. The molecule has 0 unspecified atom stereocenters. The van der Waals surface area contributed by atoms with E-state index in [1.807, 2.05) is 0 Å². The molecule has 2 rings (SSSR count). The molecule has 1 fully saturated rings. The standard InChI is InChI=1S/C10H11N3O3/c14-8-4-6(5-12-8)13-10(16)7-2-1-3-11-9(7)15/h1-3,6H,4-5H2,(H,11,15)(H,12,14)(H,13,16)/t6-/m1/s1. The molecule has 84 valence electrons. The Morgan fingerprint density at radius 2 is 2.25 bits per heavy atom. The molecule has 1 atom stereocenters. The summed E-state index contributed by atoms with van der Waals surface area (Å²) in [5, 5.41) is 5.23. The van der Waals surface area contributed by atoms with Gasteiger partial charge >= 0.3 is 0 Å². The van der Waals surface area contributed by atoms with Gasteiger partial charge in [0.1, 0.15) is 5.56 Å². The van der Waals surface area contributed by atoms with Crippen molar-refractivity contribution in [3.63, 3.8) is 0 Å². The number of H-pyrrole nitrogens is 1. The van der Waals surface area contributed by atoms with E-state index < -0.39 is 11.5 Å². The molecule has 0 spiro atoms. The van der Waals surface area contributed by atoms with E-state index in [0.717, 1.165) is 0 Å². The zero-order chi connectivity index (χ0) is 11.5. The molecule has 2 heterocycles. The largest absolute Gasteiger partial charge is 0.354 e. The molecule has 6 heteroatoms. The molecular formula is C10H11N3O3. The third-order valence-electron chi connectivity index (χ3n) is 2.38. The minimum absolute atomic E-state index is 0.0573. The SMILES string of the molecule is O=C1C[C@@H](NC(=O)c2ccc[nH]c2=O)CN1. The van der Waals surface area contributed by atoms with Crippen molar-refractivity contribution >= 4 is 11.8 Å². The molecule has 16 heavy (non-hydrogen) atoms. The maximum Gasteiger partial charge on any atom is 0.260 e. The van der Waals surface area contributed by atoms with E-state index in [2.05, 4.69) is 15.6 Å². The van der Waals surface area contributed by atoms with Crippen LogP contribution in [0.3, 0.4) is 0 Å². The number of carbonyl (C=O) groups excluding carboxylic acids is 2. The van der Waals surface area contributed by atoms with Crippen LogP contribution in [0.5, 0.6) is 0 Å². The van der Waals surface area contributed by atoms with E-state index in [1.54, 1.807) is 6.07 Å². The average molecular weight is 221 g/mol. The van der Waals surface area contributed by atoms with Crippen molar-refractivity contribution in [2.24, 2.45) is 0 Å². The first-order valence-corrected chi connectivity index (χ1v) is 4.92. The molecule has 1 aliphatic rings. The van der Waals surface area contributed by atoms with Crippen molar-refractivity contribution in [1.82, 2.24) is 15.6 Å². The molecule has 2 amide bonds. The summed E-state index contributed by atoms with van der Waals surface area (Å²) in [5.74, 6) is -0.546. The van der Waals surface area contributed by atoms with E-state index in [9.17, 15) is 14.4 Å². The van der Waals surface area contributed by atoms with Gasteiger partial charge in [0.05, 0.1) is 6.04 Å². The van der Waals surface area contributed by atoms with Gasteiger partial charge < -0.3 is 15.6 Å². The van der Waals surface area contributed by atoms with Crippen molar-refractivity contribution in [2.75, 3.05) is 6.54 Å². The maximum absolute atomic E-state index is 11.7. The summed E-state index contributed by atoms with van der Waals surface area (Å²) < 4.78 is 0. The number of hydrogen-bond donors (Lipinski definition) is 3. The van der Waals surface area contributed by atoms with Gasteiger partial charge in [-0.25, -0.2) is 0 Å². The summed E-state index contributed by atoms with van der Waals surface area (Å²) in [7, 11) is 0. The van der Waals surface area contributed by atoms with Crippen molar-refractivity contribution in [2.45, 2.75) is 12.5 Å². The fraction of sp³-hybridized carbons (Fsp3) is 0.300. The Bertz CT molecular complexity index is 480. The lowest BCUT2D eigenvalue weighted by atomic mass is 10.2. The number of nitrogens with one attached hydrogen (secondary N) is 3. The number of amides is 2. The van der Waals surface area contributed by atoms with Gasteiger partial charge in [-0.2, -0.15) is 0 Å². The maximum atomic E-state index is 11.7. The molecule has 3 N–H and O–H groups in total. The average Bonchev–Trinajstić information content (AvgIpc) is 2.64. The smallest absolute Gasteiger partial charge is 0.260 e. The molecule has 0 bridgehead atoms. The molecule has 0 aromatic carbocycles. The topological polar surface area (TPSA) is 91.1 Å². The van der Waals surface area contributed by atoms with Gasteiger partial charge in [-0.3, -0.25) is 14.4 Å². The number of aromatic nitrogens is 1. The highest BCUT2D eigenvalue weighted by Crippen LogP contribution is 2.00. The minimum Gasteiger partial charge on any atom is -0.354 e. The lowest BCUT2D eigenvalue weighted by molar-refractivity contribution is -0.119. The first kappa shape index (κ1) is 10.4. The van der Waals surface area contributed by atoms with Gasteiger partial charge in [0.2, 0.25) is 5.91 Å². The van der Waals surface area contributed by atoms with Crippen LogP contribution in [0.25, 0.3) is 0 Å². The van der Waals surface area contributed by atoms with Gasteiger partial charge in [0, 0.05) is 19.2 Å². The Kier molecular flexibility index (Phi) is 2.72. The van der Waals surface area contributed by atoms with Crippen molar-refractivity contribution in [3.8, 4) is 0 Å². The van der Waals surface area contributed by atoms with Crippen LogP contribution in [-0.4, -0.2) is 29.4 Å². The lowest BCUT2D eigenvalue weighted by Crippen LogP contribution is -2.38. The molecule has 0 radical (unpaired) electrons. The molecule has 0 aliphatic carbocycles. The summed E-state index contributed by atoms with van der Waals surface area (Å²) in [6, 6.07) is 2.78. The highest BCUT2D eigenvalue weighted by molar-refractivity contribution is 5.94. The number of hydrogen-bond acceptors (Lipinski definition) is 3. The summed E-state index contributed by atoms with van der Waals surface area (Å²) in [5.41, 5.74) is -0.376. The Morgan fingerprint density at radius 3 is 2.88 bits per heavy atom. The second kappa shape index (κ2) is 4.18. The quantitative estimate of drug-likeness (QED) is 0.597. The Morgan fingerprint density at radius 1 is 1.44 bits per heavy atom. The zero-order valence-corrected chi connectivity index (χ0v) is 8.45. The van der Waals surface area contributed by atoms with Crippen molar-refractivity contribution < 1.29 is 9.59 Å². The van der Waals surface area contributed by atoms with E-state index in [4.69, 9.17) is 0 Å². The predicted octanol–water partition coefficient (Wildman–Crippen LogP) is -1.01. The molecule has 1 aliphatic heterocycles. The Balaban J connectivity index is 2.06. The van der Waals surface area contributed by atoms with Gasteiger partial charge in [0.15, 0.2) is 0 Å². The van der Waals surface area contributed by atoms with Crippen molar-refractivity contribution in [3.05, 3.63) is 34.2 Å².